The molecule has 3 aromatic heterocycles. The Labute approximate surface area is 171 Å². The summed E-state index contributed by atoms with van der Waals surface area (Å²) in [5.41, 5.74) is 3.30. The van der Waals surface area contributed by atoms with E-state index in [2.05, 4.69) is 15.0 Å². The molecule has 0 saturated carbocycles. The van der Waals surface area contributed by atoms with Crippen LogP contribution in [0.2, 0.25) is 0 Å². The summed E-state index contributed by atoms with van der Waals surface area (Å²) < 4.78 is 5.58. The molecule has 8 heteroatoms. The molecule has 0 spiro atoms. The quantitative estimate of drug-likeness (QED) is 0.536. The number of rotatable bonds is 5. The van der Waals surface area contributed by atoms with Crippen molar-refractivity contribution >= 4 is 11.3 Å². The van der Waals surface area contributed by atoms with E-state index in [-0.39, 0.29) is 17.9 Å². The van der Waals surface area contributed by atoms with Gasteiger partial charge in [-0.05, 0) is 37.3 Å². The molecular weight excluding hydrogens is 386 g/mol. The molecule has 0 amide bonds. The second kappa shape index (κ2) is 8.04. The van der Waals surface area contributed by atoms with Crippen LogP contribution >= 0.6 is 11.3 Å². The second-order valence-corrected chi connectivity index (χ2v) is 7.18. The number of pyridine rings is 1. The van der Waals surface area contributed by atoms with Crippen molar-refractivity contribution in [2.24, 2.45) is 0 Å². The number of hydrogen-bond donors (Lipinski definition) is 1. The number of aromatic hydroxyl groups is 1. The maximum absolute atomic E-state index is 9.96. The minimum atomic E-state index is -0.0614. The third-order valence-electron chi connectivity index (χ3n) is 4.10. The summed E-state index contributed by atoms with van der Waals surface area (Å²) in [4.78, 5) is 18.3. The smallest absolute Gasteiger partial charge is 0.316 e. The first-order valence-corrected chi connectivity index (χ1v) is 9.53. The van der Waals surface area contributed by atoms with Gasteiger partial charge in [0.2, 0.25) is 0 Å². The lowest BCUT2D eigenvalue weighted by Gasteiger charge is -2.05. The molecule has 0 radical (unpaired) electrons. The molecule has 4 aromatic rings. The second-order valence-electron chi connectivity index (χ2n) is 6.09. The van der Waals surface area contributed by atoms with Crippen LogP contribution in [0.4, 0.5) is 0 Å². The van der Waals surface area contributed by atoms with E-state index in [9.17, 15) is 5.11 Å². The van der Waals surface area contributed by atoms with E-state index in [4.69, 9.17) is 15.0 Å². The topological polar surface area (TPSA) is 105 Å². The highest BCUT2D eigenvalue weighted by atomic mass is 32.1. The van der Waals surface area contributed by atoms with Gasteiger partial charge in [0.05, 0.1) is 27.5 Å². The third-order valence-corrected chi connectivity index (χ3v) is 5.26. The molecule has 1 N–H and O–H groups in total. The number of nitrogens with zero attached hydrogens (tertiary/aromatic N) is 5. The van der Waals surface area contributed by atoms with Crippen molar-refractivity contribution in [3.05, 3.63) is 71.1 Å². The molecule has 7 nitrogen and oxygen atoms in total. The van der Waals surface area contributed by atoms with E-state index in [1.165, 1.54) is 11.3 Å². The zero-order chi connectivity index (χ0) is 20.2. The standard InChI is InChI=1S/C21H15N5O2S/c1-13-20(29-19(25-13)12-28-21-23-8-3-9-24-21)17-5-2-4-16(26-17)14-6-7-15(11-22)18(27)10-14/h2-10,27H,12H2,1H3. The average Bonchev–Trinajstić information content (AvgIpc) is 3.13. The summed E-state index contributed by atoms with van der Waals surface area (Å²) >= 11 is 1.50. The molecule has 0 aliphatic heterocycles. The normalized spacial score (nSPS) is 10.5. The monoisotopic (exact) mass is 401 g/mol. The lowest BCUT2D eigenvalue weighted by molar-refractivity contribution is 0.280. The van der Waals surface area contributed by atoms with Crippen LogP contribution in [-0.4, -0.2) is 25.0 Å². The fraction of sp³-hybridized carbons (Fsp3) is 0.0952. The van der Waals surface area contributed by atoms with Gasteiger partial charge >= 0.3 is 6.01 Å². The first-order valence-electron chi connectivity index (χ1n) is 8.71. The molecule has 0 unspecified atom stereocenters. The maximum atomic E-state index is 9.96. The van der Waals surface area contributed by atoms with Crippen molar-refractivity contribution in [1.29, 1.82) is 5.26 Å². The van der Waals surface area contributed by atoms with Gasteiger partial charge in [0.1, 0.15) is 23.4 Å². The summed E-state index contributed by atoms with van der Waals surface area (Å²) in [7, 11) is 0. The van der Waals surface area contributed by atoms with Crippen LogP contribution in [0.1, 0.15) is 16.3 Å². The lowest BCUT2D eigenvalue weighted by Crippen LogP contribution is -1.98. The molecule has 1 aromatic carbocycles. The van der Waals surface area contributed by atoms with Gasteiger partial charge in [0.25, 0.3) is 0 Å². The molecule has 0 bridgehead atoms. The Morgan fingerprint density at radius 1 is 1.07 bits per heavy atom. The molecule has 0 atom stereocenters. The van der Waals surface area contributed by atoms with Gasteiger partial charge in [0, 0.05) is 18.0 Å². The molecule has 142 valence electrons. The number of thiazole rings is 1. The number of benzene rings is 1. The van der Waals surface area contributed by atoms with Crippen LogP contribution in [0.3, 0.4) is 0 Å². The molecule has 0 aliphatic carbocycles. The maximum Gasteiger partial charge on any atom is 0.316 e. The zero-order valence-electron chi connectivity index (χ0n) is 15.4. The number of phenolic OH excluding ortho intramolecular Hbond substituents is 1. The summed E-state index contributed by atoms with van der Waals surface area (Å²) in [5.74, 6) is -0.0614. The number of aromatic nitrogens is 4. The highest BCUT2D eigenvalue weighted by molar-refractivity contribution is 7.15. The molecule has 3 heterocycles. The van der Waals surface area contributed by atoms with Crippen molar-refractivity contribution in [3.8, 4) is 39.7 Å². The van der Waals surface area contributed by atoms with Crippen molar-refractivity contribution in [3.63, 3.8) is 0 Å². The third kappa shape index (κ3) is 4.05. The fourth-order valence-electron chi connectivity index (χ4n) is 2.75. The Hall–Kier alpha value is -3.83. The highest BCUT2D eigenvalue weighted by Gasteiger charge is 2.13. The average molecular weight is 401 g/mol. The van der Waals surface area contributed by atoms with Gasteiger partial charge in [-0.15, -0.1) is 11.3 Å². The molecule has 29 heavy (non-hydrogen) atoms. The predicted molar refractivity (Wildman–Crippen MR) is 108 cm³/mol. The SMILES string of the molecule is Cc1nc(COc2ncccn2)sc1-c1cccc(-c2ccc(C#N)c(O)c2)n1. The van der Waals surface area contributed by atoms with Gasteiger partial charge in [-0.1, -0.05) is 12.1 Å². The summed E-state index contributed by atoms with van der Waals surface area (Å²) in [6.07, 6.45) is 3.24. The molecular formula is C21H15N5O2S. The van der Waals surface area contributed by atoms with Crippen LogP contribution < -0.4 is 4.74 Å². The van der Waals surface area contributed by atoms with Gasteiger partial charge in [-0.2, -0.15) is 5.26 Å². The molecule has 0 fully saturated rings. The van der Waals surface area contributed by atoms with Gasteiger partial charge in [0.15, 0.2) is 0 Å². The Balaban J connectivity index is 1.59. The predicted octanol–water partition coefficient (Wildman–Crippen LogP) is 4.13. The summed E-state index contributed by atoms with van der Waals surface area (Å²) in [5, 5.41) is 19.7. The van der Waals surface area contributed by atoms with Gasteiger partial charge in [-0.25, -0.2) is 19.9 Å². The first-order chi connectivity index (χ1) is 14.1. The largest absolute Gasteiger partial charge is 0.507 e. The first kappa shape index (κ1) is 18.5. The Morgan fingerprint density at radius 3 is 2.62 bits per heavy atom. The van der Waals surface area contributed by atoms with Crippen molar-refractivity contribution < 1.29 is 9.84 Å². The van der Waals surface area contributed by atoms with E-state index in [0.717, 1.165) is 26.8 Å². The fourth-order valence-corrected chi connectivity index (χ4v) is 3.69. The minimum Gasteiger partial charge on any atom is -0.507 e. The van der Waals surface area contributed by atoms with Gasteiger partial charge < -0.3 is 9.84 Å². The Kier molecular flexibility index (Phi) is 5.14. The number of nitriles is 1. The highest BCUT2D eigenvalue weighted by Crippen LogP contribution is 2.31. The van der Waals surface area contributed by atoms with E-state index >= 15 is 0 Å². The van der Waals surface area contributed by atoms with Crippen LogP contribution in [0.5, 0.6) is 11.8 Å². The number of ether oxygens (including phenoxy) is 1. The van der Waals surface area contributed by atoms with Crippen LogP contribution in [0.25, 0.3) is 21.8 Å². The van der Waals surface area contributed by atoms with E-state index in [0.29, 0.717) is 11.7 Å². The van der Waals surface area contributed by atoms with Gasteiger partial charge in [-0.3, -0.25) is 0 Å². The lowest BCUT2D eigenvalue weighted by atomic mass is 10.1. The van der Waals surface area contributed by atoms with Crippen LogP contribution in [0.15, 0.2) is 54.9 Å². The number of phenols is 1. The van der Waals surface area contributed by atoms with E-state index in [1.807, 2.05) is 31.2 Å². The Bertz CT molecular complexity index is 1200. The van der Waals surface area contributed by atoms with E-state index in [1.54, 1.807) is 36.7 Å². The molecule has 0 saturated heterocycles. The summed E-state index contributed by atoms with van der Waals surface area (Å²) in [6.45, 7) is 2.20. The van der Waals surface area contributed by atoms with E-state index < -0.39 is 0 Å². The van der Waals surface area contributed by atoms with Crippen molar-refractivity contribution in [2.45, 2.75) is 13.5 Å². The molecule has 4 rings (SSSR count). The zero-order valence-corrected chi connectivity index (χ0v) is 16.2. The van der Waals surface area contributed by atoms with Crippen LogP contribution in [-0.2, 0) is 6.61 Å². The van der Waals surface area contributed by atoms with Crippen molar-refractivity contribution in [2.75, 3.05) is 0 Å². The minimum absolute atomic E-state index is 0.0614. The van der Waals surface area contributed by atoms with Crippen molar-refractivity contribution in [1.82, 2.24) is 19.9 Å². The van der Waals surface area contributed by atoms with Crippen LogP contribution in [0, 0.1) is 18.3 Å². The number of hydrogen-bond acceptors (Lipinski definition) is 8. The number of aryl methyl sites for hydroxylation is 1. The molecule has 0 aliphatic rings. The summed E-state index contributed by atoms with van der Waals surface area (Å²) in [6, 6.07) is 14.6. The Morgan fingerprint density at radius 2 is 1.86 bits per heavy atom.